The number of fused-ring (bicyclic) bond motifs is 1. The lowest BCUT2D eigenvalue weighted by Crippen LogP contribution is -2.37. The first-order valence-corrected chi connectivity index (χ1v) is 6.53. The molecule has 0 aliphatic heterocycles. The van der Waals surface area contributed by atoms with E-state index in [1.54, 1.807) is 27.2 Å². The van der Waals surface area contributed by atoms with Crippen LogP contribution in [-0.2, 0) is 0 Å². The Bertz CT molecular complexity index is 628. The monoisotopic (exact) mass is 273 g/mol. The molecule has 5 heteroatoms. The van der Waals surface area contributed by atoms with Crippen molar-refractivity contribution >= 4 is 22.5 Å². The molecule has 0 saturated heterocycles. The van der Waals surface area contributed by atoms with Crippen LogP contribution >= 0.6 is 0 Å². The van der Waals surface area contributed by atoms with Gasteiger partial charge in [0, 0.05) is 25.7 Å². The maximum absolute atomic E-state index is 12.5. The van der Waals surface area contributed by atoms with Gasteiger partial charge in [0.25, 0.3) is 5.91 Å². The van der Waals surface area contributed by atoms with E-state index in [0.717, 1.165) is 16.6 Å². The molecule has 0 aliphatic rings. The van der Waals surface area contributed by atoms with Crippen LogP contribution in [0.4, 0.5) is 5.82 Å². The molecule has 2 rings (SSSR count). The number of nitrogens with zero attached hydrogens (tertiary/aromatic N) is 2. The largest absolute Gasteiger partial charge is 0.394 e. The van der Waals surface area contributed by atoms with Gasteiger partial charge in [-0.3, -0.25) is 4.79 Å². The van der Waals surface area contributed by atoms with Gasteiger partial charge in [-0.2, -0.15) is 0 Å². The van der Waals surface area contributed by atoms with E-state index in [4.69, 9.17) is 0 Å². The van der Waals surface area contributed by atoms with Gasteiger partial charge in [-0.25, -0.2) is 4.98 Å². The third kappa shape index (κ3) is 2.44. The van der Waals surface area contributed by atoms with E-state index in [1.165, 1.54) is 4.90 Å². The Morgan fingerprint density at radius 2 is 2.05 bits per heavy atom. The number of anilines is 1. The zero-order valence-electron chi connectivity index (χ0n) is 11.9. The number of carbonyl (C=O) groups is 1. The Labute approximate surface area is 118 Å². The van der Waals surface area contributed by atoms with Gasteiger partial charge in [-0.15, -0.1) is 0 Å². The van der Waals surface area contributed by atoms with Crippen LogP contribution in [0.2, 0.25) is 0 Å². The van der Waals surface area contributed by atoms with Crippen molar-refractivity contribution < 1.29 is 9.90 Å². The molecule has 1 aromatic carbocycles. The fraction of sp³-hybridized carbons (Fsp3) is 0.333. The number of likely N-dealkylation sites (N-methyl/N-ethyl adjacent to an activating group) is 1. The number of carbonyl (C=O) groups excluding carboxylic acids is 1. The molecule has 1 aromatic heterocycles. The Balaban J connectivity index is 2.53. The number of rotatable bonds is 4. The van der Waals surface area contributed by atoms with Crippen LogP contribution in [0.3, 0.4) is 0 Å². The fourth-order valence-corrected chi connectivity index (χ4v) is 2.07. The van der Waals surface area contributed by atoms with Crippen LogP contribution in [0, 0.1) is 0 Å². The lowest BCUT2D eigenvalue weighted by Gasteiger charge is -2.23. The number of nitrogens with one attached hydrogen (secondary N) is 1. The van der Waals surface area contributed by atoms with Gasteiger partial charge >= 0.3 is 0 Å². The van der Waals surface area contributed by atoms with Crippen molar-refractivity contribution in [2.24, 2.45) is 0 Å². The number of pyridine rings is 1. The maximum Gasteiger partial charge on any atom is 0.256 e. The van der Waals surface area contributed by atoms with Gasteiger partial charge < -0.3 is 15.3 Å². The highest BCUT2D eigenvalue weighted by atomic mass is 16.3. The molecule has 0 aliphatic carbocycles. The van der Waals surface area contributed by atoms with E-state index in [0.29, 0.717) is 5.56 Å². The van der Waals surface area contributed by atoms with Crippen LogP contribution in [0.25, 0.3) is 10.8 Å². The van der Waals surface area contributed by atoms with Crippen molar-refractivity contribution in [3.8, 4) is 0 Å². The topological polar surface area (TPSA) is 65.5 Å². The van der Waals surface area contributed by atoms with E-state index in [2.05, 4.69) is 10.3 Å². The predicted molar refractivity (Wildman–Crippen MR) is 79.9 cm³/mol. The van der Waals surface area contributed by atoms with E-state index < -0.39 is 0 Å². The molecule has 1 atom stereocenters. The lowest BCUT2D eigenvalue weighted by molar-refractivity contribution is 0.0684. The number of hydrogen-bond acceptors (Lipinski definition) is 4. The summed E-state index contributed by atoms with van der Waals surface area (Å²) in [5.74, 6) is 0.605. The highest BCUT2D eigenvalue weighted by Crippen LogP contribution is 2.25. The normalized spacial score (nSPS) is 12.2. The summed E-state index contributed by atoms with van der Waals surface area (Å²) in [5.41, 5.74) is 0.544. The minimum absolute atomic E-state index is 0.0673. The van der Waals surface area contributed by atoms with E-state index in [9.17, 15) is 9.90 Å². The number of benzene rings is 1. The minimum atomic E-state index is -0.231. The van der Waals surface area contributed by atoms with Gasteiger partial charge in [0.2, 0.25) is 0 Å². The summed E-state index contributed by atoms with van der Waals surface area (Å²) in [4.78, 5) is 18.3. The van der Waals surface area contributed by atoms with E-state index >= 15 is 0 Å². The summed E-state index contributed by atoms with van der Waals surface area (Å²) >= 11 is 0. The molecule has 5 nitrogen and oxygen atoms in total. The number of aliphatic hydroxyl groups is 1. The first-order chi connectivity index (χ1) is 9.60. The molecule has 106 valence electrons. The van der Waals surface area contributed by atoms with Gasteiger partial charge in [-0.1, -0.05) is 24.3 Å². The van der Waals surface area contributed by atoms with Crippen LogP contribution in [0.5, 0.6) is 0 Å². The first kappa shape index (κ1) is 14.3. The van der Waals surface area contributed by atoms with Gasteiger partial charge in [0.15, 0.2) is 0 Å². The van der Waals surface area contributed by atoms with Gasteiger partial charge in [-0.05, 0) is 12.3 Å². The molecule has 0 radical (unpaired) electrons. The van der Waals surface area contributed by atoms with Crippen molar-refractivity contribution in [3.05, 3.63) is 36.0 Å². The Morgan fingerprint density at radius 1 is 1.40 bits per heavy atom. The fourth-order valence-electron chi connectivity index (χ4n) is 2.07. The second-order valence-electron chi connectivity index (χ2n) is 4.76. The van der Waals surface area contributed by atoms with Crippen molar-refractivity contribution in [3.63, 3.8) is 0 Å². The number of amides is 1. The van der Waals surface area contributed by atoms with Gasteiger partial charge in [0.05, 0.1) is 18.2 Å². The summed E-state index contributed by atoms with van der Waals surface area (Å²) in [6.45, 7) is 1.73. The van der Waals surface area contributed by atoms with E-state index in [1.807, 2.05) is 24.3 Å². The lowest BCUT2D eigenvalue weighted by atomic mass is 10.1. The molecular formula is C15H19N3O2. The van der Waals surface area contributed by atoms with Crippen molar-refractivity contribution in [1.82, 2.24) is 9.88 Å². The number of aromatic nitrogens is 1. The molecule has 1 amide bonds. The third-order valence-corrected chi connectivity index (χ3v) is 3.51. The van der Waals surface area contributed by atoms with Crippen LogP contribution < -0.4 is 5.32 Å². The summed E-state index contributed by atoms with van der Waals surface area (Å²) in [6.07, 6.45) is 1.58. The average molecular weight is 273 g/mol. The average Bonchev–Trinajstić information content (AvgIpc) is 2.51. The third-order valence-electron chi connectivity index (χ3n) is 3.51. The summed E-state index contributed by atoms with van der Waals surface area (Å²) in [5, 5.41) is 14.0. The zero-order valence-corrected chi connectivity index (χ0v) is 11.9. The molecule has 1 unspecified atom stereocenters. The summed E-state index contributed by atoms with van der Waals surface area (Å²) in [7, 11) is 3.49. The molecule has 2 N–H and O–H groups in total. The summed E-state index contributed by atoms with van der Waals surface area (Å²) in [6, 6.07) is 7.42. The highest BCUT2D eigenvalue weighted by molar-refractivity contribution is 6.09. The standard InChI is InChI=1S/C15H19N3O2/c1-10(9-19)18(3)15(20)13-8-17-14(16-2)12-7-5-4-6-11(12)13/h4-8,10,19H,9H2,1-3H3,(H,16,17). The number of hydrogen-bond donors (Lipinski definition) is 2. The van der Waals surface area contributed by atoms with Crippen molar-refractivity contribution in [1.29, 1.82) is 0 Å². The first-order valence-electron chi connectivity index (χ1n) is 6.53. The Hall–Kier alpha value is -2.14. The molecule has 0 bridgehead atoms. The molecule has 0 saturated carbocycles. The van der Waals surface area contributed by atoms with Crippen LogP contribution in [0.15, 0.2) is 30.5 Å². The smallest absolute Gasteiger partial charge is 0.256 e. The van der Waals surface area contributed by atoms with Crippen molar-refractivity contribution in [2.75, 3.05) is 26.0 Å². The minimum Gasteiger partial charge on any atom is -0.394 e. The van der Waals surface area contributed by atoms with Crippen LogP contribution in [0.1, 0.15) is 17.3 Å². The molecule has 0 spiro atoms. The molecule has 0 fully saturated rings. The molecule has 20 heavy (non-hydrogen) atoms. The zero-order chi connectivity index (χ0) is 14.7. The van der Waals surface area contributed by atoms with Crippen LogP contribution in [-0.4, -0.2) is 47.6 Å². The van der Waals surface area contributed by atoms with E-state index in [-0.39, 0.29) is 18.6 Å². The summed E-state index contributed by atoms with van der Waals surface area (Å²) < 4.78 is 0. The van der Waals surface area contributed by atoms with Gasteiger partial charge in [0.1, 0.15) is 5.82 Å². The maximum atomic E-state index is 12.5. The Kier molecular flexibility index (Phi) is 4.20. The quantitative estimate of drug-likeness (QED) is 0.890. The Morgan fingerprint density at radius 3 is 2.65 bits per heavy atom. The highest BCUT2D eigenvalue weighted by Gasteiger charge is 2.20. The second kappa shape index (κ2) is 5.88. The predicted octanol–water partition coefficient (Wildman–Crippen LogP) is 1.73. The second-order valence-corrected chi connectivity index (χ2v) is 4.76. The number of aliphatic hydroxyl groups excluding tert-OH is 1. The molecular weight excluding hydrogens is 254 g/mol. The molecule has 2 aromatic rings. The SMILES string of the molecule is CNc1ncc(C(=O)N(C)C(C)CO)c2ccccc12. The molecule has 1 heterocycles. The van der Waals surface area contributed by atoms with Crippen molar-refractivity contribution in [2.45, 2.75) is 13.0 Å².